The zero-order valence-electron chi connectivity index (χ0n) is 19.6. The monoisotopic (exact) mass is 433 g/mol. The minimum absolute atomic E-state index is 0.346. The predicted molar refractivity (Wildman–Crippen MR) is 131 cm³/mol. The fraction of sp³-hybridized carbons (Fsp3) is 0.958. The number of aliphatic hydroxyl groups is 1. The van der Waals surface area contributed by atoms with Gasteiger partial charge in [-0.2, -0.15) is 0 Å². The Balaban J connectivity index is 0. The van der Waals surface area contributed by atoms with E-state index >= 15 is 0 Å². The molecule has 29 heavy (non-hydrogen) atoms. The average molecular weight is 434 g/mol. The largest absolute Gasteiger partial charge is 0.480 e. The van der Waals surface area contributed by atoms with Crippen LogP contribution in [-0.2, 0) is 4.79 Å². The van der Waals surface area contributed by atoms with Crippen molar-refractivity contribution in [1.82, 2.24) is 5.32 Å². The first kappa shape index (κ1) is 31.0. The Kier molecular flexibility index (Phi) is 29.7. The summed E-state index contributed by atoms with van der Waals surface area (Å²) < 4.78 is 0. The standard InChI is InChI=1S/C16H35P.C8H17NO3/c1-2-3-4-5-6-7-8-9-10-11-12-13-14-15-16-17;1-2-3-4-5-9-7(6-10)8(11)12/h2-17H2,1H3;7,9-10H,2-6H2,1H3,(H,11,12). The summed E-state index contributed by atoms with van der Waals surface area (Å²) in [7, 11) is 2.82. The van der Waals surface area contributed by atoms with Gasteiger partial charge in [0.15, 0.2) is 0 Å². The second-order valence-electron chi connectivity index (χ2n) is 8.12. The molecule has 176 valence electrons. The lowest BCUT2D eigenvalue weighted by Gasteiger charge is -2.10. The van der Waals surface area contributed by atoms with Gasteiger partial charge in [-0.25, -0.2) is 0 Å². The minimum atomic E-state index is -0.992. The first-order valence-corrected chi connectivity index (χ1v) is 13.2. The van der Waals surface area contributed by atoms with Crippen molar-refractivity contribution in [1.29, 1.82) is 0 Å². The molecule has 0 heterocycles. The molecule has 3 N–H and O–H groups in total. The fourth-order valence-electron chi connectivity index (χ4n) is 3.22. The first-order valence-electron chi connectivity index (χ1n) is 12.4. The van der Waals surface area contributed by atoms with Gasteiger partial charge >= 0.3 is 5.97 Å². The first-order chi connectivity index (χ1) is 14.1. The van der Waals surface area contributed by atoms with Crippen molar-refractivity contribution in [3.8, 4) is 0 Å². The van der Waals surface area contributed by atoms with E-state index in [0.717, 1.165) is 19.3 Å². The van der Waals surface area contributed by atoms with E-state index in [2.05, 4.69) is 28.4 Å². The van der Waals surface area contributed by atoms with Gasteiger partial charge in [0.1, 0.15) is 6.04 Å². The SMILES string of the molecule is CCCCCCCCCCCCCCCCP.CCCCCNC(CO)C(=O)O. The summed E-state index contributed by atoms with van der Waals surface area (Å²) in [6, 6.07) is -0.804. The Morgan fingerprint density at radius 3 is 1.45 bits per heavy atom. The highest BCUT2D eigenvalue weighted by atomic mass is 31.0. The third-order valence-electron chi connectivity index (χ3n) is 5.21. The van der Waals surface area contributed by atoms with E-state index in [1.807, 2.05) is 0 Å². The van der Waals surface area contributed by atoms with Crippen LogP contribution in [0.1, 0.15) is 123 Å². The third kappa shape index (κ3) is 27.8. The molecule has 5 heteroatoms. The lowest BCUT2D eigenvalue weighted by molar-refractivity contribution is -0.140. The van der Waals surface area contributed by atoms with Crippen LogP contribution in [0.4, 0.5) is 0 Å². The number of carbonyl (C=O) groups is 1. The zero-order valence-corrected chi connectivity index (χ0v) is 20.8. The molecule has 0 rings (SSSR count). The molecule has 0 aromatic carbocycles. The van der Waals surface area contributed by atoms with E-state index in [1.54, 1.807) is 0 Å². The van der Waals surface area contributed by atoms with E-state index in [9.17, 15) is 4.79 Å². The molecular formula is C24H52NO3P. The normalized spacial score (nSPS) is 11.7. The van der Waals surface area contributed by atoms with Crippen molar-refractivity contribution in [2.45, 2.75) is 129 Å². The molecule has 2 atom stereocenters. The van der Waals surface area contributed by atoms with Gasteiger partial charge in [0.2, 0.25) is 0 Å². The van der Waals surface area contributed by atoms with Gasteiger partial charge in [0, 0.05) is 0 Å². The highest BCUT2D eigenvalue weighted by Crippen LogP contribution is 2.13. The van der Waals surface area contributed by atoms with Gasteiger partial charge in [0.05, 0.1) is 6.61 Å². The molecule has 0 spiro atoms. The highest BCUT2D eigenvalue weighted by molar-refractivity contribution is 7.16. The van der Waals surface area contributed by atoms with E-state index in [4.69, 9.17) is 10.2 Å². The molecule has 4 nitrogen and oxygen atoms in total. The summed E-state index contributed by atoms with van der Waals surface area (Å²) in [5.74, 6) is -0.992. The van der Waals surface area contributed by atoms with Crippen LogP contribution in [0.5, 0.6) is 0 Å². The Morgan fingerprint density at radius 2 is 1.10 bits per heavy atom. The molecule has 0 bridgehead atoms. The van der Waals surface area contributed by atoms with E-state index in [1.165, 1.54) is 96.1 Å². The molecular weight excluding hydrogens is 381 g/mol. The van der Waals surface area contributed by atoms with E-state index in [-0.39, 0.29) is 6.61 Å². The Bertz CT molecular complexity index is 303. The van der Waals surface area contributed by atoms with E-state index in [0.29, 0.717) is 6.54 Å². The number of carboxylic acid groups (broad SMARTS) is 1. The van der Waals surface area contributed by atoms with Gasteiger partial charge < -0.3 is 15.5 Å². The maximum Gasteiger partial charge on any atom is 0.323 e. The summed E-state index contributed by atoms with van der Waals surface area (Å²) in [5, 5.41) is 19.9. The maximum absolute atomic E-state index is 10.4. The summed E-state index contributed by atoms with van der Waals surface area (Å²) >= 11 is 0. The molecule has 0 radical (unpaired) electrons. The van der Waals surface area contributed by atoms with Crippen molar-refractivity contribution < 1.29 is 15.0 Å². The van der Waals surface area contributed by atoms with Crippen LogP contribution in [0.15, 0.2) is 0 Å². The van der Waals surface area contributed by atoms with Gasteiger partial charge in [0.25, 0.3) is 0 Å². The summed E-state index contributed by atoms with van der Waals surface area (Å²) in [4.78, 5) is 10.4. The van der Waals surface area contributed by atoms with Gasteiger partial charge in [-0.05, 0) is 25.5 Å². The fourth-order valence-corrected chi connectivity index (χ4v) is 3.51. The smallest absolute Gasteiger partial charge is 0.323 e. The number of unbranched alkanes of at least 4 members (excludes halogenated alkanes) is 15. The van der Waals surface area contributed by atoms with Crippen LogP contribution in [0.3, 0.4) is 0 Å². The molecule has 0 aliphatic rings. The van der Waals surface area contributed by atoms with Crippen molar-refractivity contribution in [2.24, 2.45) is 0 Å². The molecule has 0 aromatic rings. The lowest BCUT2D eigenvalue weighted by atomic mass is 10.0. The lowest BCUT2D eigenvalue weighted by Crippen LogP contribution is -2.40. The van der Waals surface area contributed by atoms with Crippen LogP contribution in [0, 0.1) is 0 Å². The molecule has 0 amide bonds. The molecule has 0 saturated carbocycles. The van der Waals surface area contributed by atoms with E-state index < -0.39 is 12.0 Å². The van der Waals surface area contributed by atoms with Crippen LogP contribution in [0.2, 0.25) is 0 Å². The van der Waals surface area contributed by atoms with Crippen molar-refractivity contribution in [3.63, 3.8) is 0 Å². The second-order valence-corrected chi connectivity index (χ2v) is 8.70. The average Bonchev–Trinajstić information content (AvgIpc) is 2.72. The van der Waals surface area contributed by atoms with Crippen molar-refractivity contribution in [3.05, 3.63) is 0 Å². The number of nitrogens with one attached hydrogen (secondary N) is 1. The number of hydrogen-bond donors (Lipinski definition) is 3. The number of aliphatic carboxylic acids is 1. The molecule has 0 aliphatic carbocycles. The molecule has 0 fully saturated rings. The molecule has 2 unspecified atom stereocenters. The Morgan fingerprint density at radius 1 is 0.724 bits per heavy atom. The van der Waals surface area contributed by atoms with Gasteiger partial charge in [-0.3, -0.25) is 4.79 Å². The Labute approximate surface area is 184 Å². The van der Waals surface area contributed by atoms with Crippen molar-refractivity contribution >= 4 is 15.2 Å². The minimum Gasteiger partial charge on any atom is -0.480 e. The number of aliphatic hydroxyl groups excluding tert-OH is 1. The maximum atomic E-state index is 10.4. The van der Waals surface area contributed by atoms with Crippen LogP contribution in [0.25, 0.3) is 0 Å². The quantitative estimate of drug-likeness (QED) is 0.142. The highest BCUT2D eigenvalue weighted by Gasteiger charge is 2.13. The number of carboxylic acids is 1. The topological polar surface area (TPSA) is 69.6 Å². The Hall–Kier alpha value is -0.180. The summed E-state index contributed by atoms with van der Waals surface area (Å²) in [6.07, 6.45) is 24.9. The van der Waals surface area contributed by atoms with Crippen molar-refractivity contribution in [2.75, 3.05) is 19.3 Å². The predicted octanol–water partition coefficient (Wildman–Crippen LogP) is 6.55. The summed E-state index contributed by atoms with van der Waals surface area (Å²) in [5.41, 5.74) is 0. The van der Waals surface area contributed by atoms with Gasteiger partial charge in [-0.15, -0.1) is 9.24 Å². The van der Waals surface area contributed by atoms with Gasteiger partial charge in [-0.1, -0.05) is 110 Å². The van der Waals surface area contributed by atoms with Crippen LogP contribution < -0.4 is 5.32 Å². The number of rotatable bonds is 21. The van der Waals surface area contributed by atoms with Crippen LogP contribution >= 0.6 is 9.24 Å². The van der Waals surface area contributed by atoms with Crippen LogP contribution in [-0.4, -0.2) is 41.5 Å². The molecule has 0 aromatic heterocycles. The molecule has 0 aliphatic heterocycles. The summed E-state index contributed by atoms with van der Waals surface area (Å²) in [6.45, 7) is 4.69. The number of hydrogen-bond acceptors (Lipinski definition) is 3. The zero-order chi connectivity index (χ0) is 22.0. The second kappa shape index (κ2) is 27.8. The molecule has 0 saturated heterocycles. The third-order valence-corrected chi connectivity index (χ3v) is 5.62.